The third-order valence-electron chi connectivity index (χ3n) is 6.90. The van der Waals surface area contributed by atoms with Crippen LogP contribution < -0.4 is 0 Å². The van der Waals surface area contributed by atoms with Gasteiger partial charge in [0.05, 0.1) is 26.9 Å². The monoisotopic (exact) mass is 426 g/mol. The molecule has 0 bridgehead atoms. The van der Waals surface area contributed by atoms with Gasteiger partial charge in [0.25, 0.3) is 0 Å². The summed E-state index contributed by atoms with van der Waals surface area (Å²) in [5.41, 5.74) is 0. The van der Waals surface area contributed by atoms with E-state index >= 15 is 0 Å². The number of likely N-dealkylation sites (tertiary alicyclic amines) is 2. The fraction of sp³-hybridized carbons (Fsp3) is 0.857. The SMILES string of the molecule is CCOC(=O)C1CC2C[C@@H](CN3C[C@@H](O)C[C@H]3C(=O)OC)CC[C@H]2CN1C(=O)OC. The molecule has 9 heteroatoms. The van der Waals surface area contributed by atoms with Crippen molar-refractivity contribution >= 4 is 18.0 Å². The number of piperidine rings is 1. The van der Waals surface area contributed by atoms with Gasteiger partial charge in [-0.1, -0.05) is 0 Å². The Morgan fingerprint density at radius 2 is 1.70 bits per heavy atom. The summed E-state index contributed by atoms with van der Waals surface area (Å²) in [6.45, 7) is 3.73. The largest absolute Gasteiger partial charge is 0.468 e. The molecule has 1 saturated carbocycles. The second-order valence-corrected chi connectivity index (χ2v) is 8.71. The Labute approximate surface area is 177 Å². The number of hydrogen-bond donors (Lipinski definition) is 1. The molecule has 1 N–H and O–H groups in total. The zero-order valence-corrected chi connectivity index (χ0v) is 18.1. The summed E-state index contributed by atoms with van der Waals surface area (Å²) in [6.07, 6.45) is 2.85. The van der Waals surface area contributed by atoms with Gasteiger partial charge in [0.15, 0.2) is 0 Å². The van der Waals surface area contributed by atoms with Crippen molar-refractivity contribution in [2.75, 3.05) is 40.5 Å². The third-order valence-corrected chi connectivity index (χ3v) is 6.90. The highest BCUT2D eigenvalue weighted by Gasteiger charge is 2.46. The summed E-state index contributed by atoms with van der Waals surface area (Å²) < 4.78 is 15.0. The minimum atomic E-state index is -0.617. The van der Waals surface area contributed by atoms with E-state index in [1.165, 1.54) is 19.1 Å². The zero-order chi connectivity index (χ0) is 21.8. The number of fused-ring (bicyclic) bond motifs is 1. The van der Waals surface area contributed by atoms with Gasteiger partial charge in [-0.2, -0.15) is 0 Å². The van der Waals surface area contributed by atoms with Crippen molar-refractivity contribution in [1.29, 1.82) is 0 Å². The molecule has 6 atom stereocenters. The first kappa shape index (κ1) is 22.8. The van der Waals surface area contributed by atoms with Gasteiger partial charge in [-0.05, 0) is 50.4 Å². The molecule has 0 aromatic heterocycles. The number of carbonyl (C=O) groups excluding carboxylic acids is 3. The van der Waals surface area contributed by atoms with Crippen LogP contribution in [0.1, 0.15) is 39.0 Å². The molecule has 0 aromatic rings. The summed E-state index contributed by atoms with van der Waals surface area (Å²) in [7, 11) is 2.71. The first-order valence-corrected chi connectivity index (χ1v) is 10.9. The van der Waals surface area contributed by atoms with E-state index in [4.69, 9.17) is 14.2 Å². The van der Waals surface area contributed by atoms with Crippen LogP contribution in [0.4, 0.5) is 4.79 Å². The van der Waals surface area contributed by atoms with Crippen LogP contribution >= 0.6 is 0 Å². The number of nitrogens with zero attached hydrogens (tertiary/aromatic N) is 2. The van der Waals surface area contributed by atoms with Gasteiger partial charge in [-0.15, -0.1) is 0 Å². The van der Waals surface area contributed by atoms with E-state index in [9.17, 15) is 19.5 Å². The highest BCUT2D eigenvalue weighted by molar-refractivity contribution is 5.81. The molecule has 3 aliphatic rings. The number of methoxy groups -OCH3 is 2. The highest BCUT2D eigenvalue weighted by Crippen LogP contribution is 2.42. The van der Waals surface area contributed by atoms with Gasteiger partial charge in [0.2, 0.25) is 0 Å². The van der Waals surface area contributed by atoms with E-state index in [-0.39, 0.29) is 18.5 Å². The predicted molar refractivity (Wildman–Crippen MR) is 106 cm³/mol. The van der Waals surface area contributed by atoms with Gasteiger partial charge in [0, 0.05) is 26.1 Å². The maximum Gasteiger partial charge on any atom is 0.410 e. The maximum atomic E-state index is 12.5. The lowest BCUT2D eigenvalue weighted by molar-refractivity contribution is -0.152. The van der Waals surface area contributed by atoms with Gasteiger partial charge in [-0.25, -0.2) is 9.59 Å². The molecular formula is C21H34N2O7. The lowest BCUT2D eigenvalue weighted by Crippen LogP contribution is -2.55. The average molecular weight is 427 g/mol. The van der Waals surface area contributed by atoms with E-state index < -0.39 is 24.3 Å². The quantitative estimate of drug-likeness (QED) is 0.513. The van der Waals surface area contributed by atoms with Gasteiger partial charge in [0.1, 0.15) is 12.1 Å². The number of esters is 2. The number of rotatable bonds is 5. The first-order chi connectivity index (χ1) is 14.4. The Balaban J connectivity index is 1.65. The molecule has 170 valence electrons. The molecule has 1 aliphatic carbocycles. The van der Waals surface area contributed by atoms with Crippen molar-refractivity contribution in [3.05, 3.63) is 0 Å². The molecule has 0 spiro atoms. The van der Waals surface area contributed by atoms with Crippen molar-refractivity contribution < 1.29 is 33.7 Å². The second-order valence-electron chi connectivity index (χ2n) is 8.71. The first-order valence-electron chi connectivity index (χ1n) is 10.9. The molecule has 2 unspecified atom stereocenters. The van der Waals surface area contributed by atoms with Crippen molar-refractivity contribution in [1.82, 2.24) is 9.80 Å². The molecule has 9 nitrogen and oxygen atoms in total. The summed E-state index contributed by atoms with van der Waals surface area (Å²) in [4.78, 5) is 40.4. The predicted octanol–water partition coefficient (Wildman–Crippen LogP) is 1.03. The molecule has 0 radical (unpaired) electrons. The van der Waals surface area contributed by atoms with E-state index in [1.807, 2.05) is 4.90 Å². The summed E-state index contributed by atoms with van der Waals surface area (Å²) in [6, 6.07) is -1.01. The van der Waals surface area contributed by atoms with Crippen molar-refractivity contribution in [3.8, 4) is 0 Å². The highest BCUT2D eigenvalue weighted by atomic mass is 16.6. The maximum absolute atomic E-state index is 12.5. The fourth-order valence-electron chi connectivity index (χ4n) is 5.49. The number of aliphatic hydroxyl groups excluding tert-OH is 1. The number of β-amino-alcohol motifs (C(OH)–C–C–N with tert-alkyl or cyclic N) is 1. The van der Waals surface area contributed by atoms with Crippen molar-refractivity contribution in [2.45, 2.75) is 57.2 Å². The standard InChI is InChI=1S/C21H34N2O7/c1-4-30-20(26)18-8-15-7-13(5-6-14(15)11-23(18)21(27)29-3)10-22-12-16(24)9-17(22)19(25)28-2/h13-18,24H,4-12H2,1-3H3/t13-,14-,15?,16-,17-,18?/m0/s1. The lowest BCUT2D eigenvalue weighted by Gasteiger charge is -2.46. The number of aliphatic hydroxyl groups is 1. The Bertz CT molecular complexity index is 643. The van der Waals surface area contributed by atoms with Crippen LogP contribution in [0.5, 0.6) is 0 Å². The molecule has 3 fully saturated rings. The van der Waals surface area contributed by atoms with E-state index in [0.29, 0.717) is 43.7 Å². The molecule has 1 amide bonds. The second kappa shape index (κ2) is 9.96. The zero-order valence-electron chi connectivity index (χ0n) is 18.1. The minimum Gasteiger partial charge on any atom is -0.468 e. The summed E-state index contributed by atoms with van der Waals surface area (Å²) in [5, 5.41) is 10.0. The lowest BCUT2D eigenvalue weighted by atomic mass is 9.69. The molecule has 3 rings (SSSR count). The van der Waals surface area contributed by atoms with Crippen LogP contribution in [-0.4, -0.2) is 91.6 Å². The van der Waals surface area contributed by atoms with E-state index in [1.54, 1.807) is 6.92 Å². The minimum absolute atomic E-state index is 0.271. The van der Waals surface area contributed by atoms with Crippen molar-refractivity contribution in [2.24, 2.45) is 17.8 Å². The molecular weight excluding hydrogens is 392 g/mol. The number of hydrogen-bond acceptors (Lipinski definition) is 8. The Hall–Kier alpha value is -1.87. The molecule has 0 aromatic carbocycles. The van der Waals surface area contributed by atoms with Crippen LogP contribution in [0.15, 0.2) is 0 Å². The summed E-state index contributed by atoms with van der Waals surface area (Å²) in [5.74, 6) is 0.330. The topological polar surface area (TPSA) is 106 Å². The Morgan fingerprint density at radius 1 is 0.933 bits per heavy atom. The van der Waals surface area contributed by atoms with Gasteiger partial charge < -0.3 is 19.3 Å². The molecule has 2 heterocycles. The van der Waals surface area contributed by atoms with Gasteiger partial charge >= 0.3 is 18.0 Å². The van der Waals surface area contributed by atoms with Crippen LogP contribution in [0.3, 0.4) is 0 Å². The normalized spacial score (nSPS) is 34.2. The van der Waals surface area contributed by atoms with Crippen LogP contribution in [0.2, 0.25) is 0 Å². The van der Waals surface area contributed by atoms with Crippen molar-refractivity contribution in [3.63, 3.8) is 0 Å². The molecule has 30 heavy (non-hydrogen) atoms. The van der Waals surface area contributed by atoms with Crippen LogP contribution in [0, 0.1) is 17.8 Å². The van der Waals surface area contributed by atoms with Crippen LogP contribution in [0.25, 0.3) is 0 Å². The fourth-order valence-corrected chi connectivity index (χ4v) is 5.49. The Kier molecular flexibility index (Phi) is 7.57. The number of amides is 1. The number of carbonyl (C=O) groups is 3. The smallest absolute Gasteiger partial charge is 0.410 e. The van der Waals surface area contributed by atoms with Crippen LogP contribution in [-0.2, 0) is 23.8 Å². The van der Waals surface area contributed by atoms with E-state index in [0.717, 1.165) is 25.8 Å². The summed E-state index contributed by atoms with van der Waals surface area (Å²) >= 11 is 0. The average Bonchev–Trinajstić information content (AvgIpc) is 3.11. The third kappa shape index (κ3) is 4.88. The van der Waals surface area contributed by atoms with E-state index in [2.05, 4.69) is 0 Å². The molecule has 2 aliphatic heterocycles. The molecule has 2 saturated heterocycles. The number of ether oxygens (including phenoxy) is 3. The van der Waals surface area contributed by atoms with Gasteiger partial charge in [-0.3, -0.25) is 14.6 Å². The Morgan fingerprint density at radius 3 is 2.37 bits per heavy atom.